The van der Waals surface area contributed by atoms with Crippen LogP contribution in [0.15, 0.2) is 71.7 Å². The molecule has 5 nitrogen and oxygen atoms in total. The van der Waals surface area contributed by atoms with Gasteiger partial charge in [0.2, 0.25) is 5.56 Å². The predicted octanol–water partition coefficient (Wildman–Crippen LogP) is 4.24. The Morgan fingerprint density at radius 2 is 1.76 bits per heavy atom. The van der Waals surface area contributed by atoms with Crippen LogP contribution in [0.25, 0.3) is 17.2 Å². The van der Waals surface area contributed by atoms with Gasteiger partial charge in [-0.3, -0.25) is 4.79 Å². The first kappa shape index (κ1) is 18.7. The van der Waals surface area contributed by atoms with Gasteiger partial charge in [-0.15, -0.1) is 0 Å². The number of pyridine rings is 1. The number of rotatable bonds is 5. The Kier molecular flexibility index (Phi) is 5.29. The van der Waals surface area contributed by atoms with Gasteiger partial charge in [-0.2, -0.15) is 0 Å². The van der Waals surface area contributed by atoms with Crippen LogP contribution >= 0.6 is 0 Å². The van der Waals surface area contributed by atoms with Crippen LogP contribution < -0.4 is 10.9 Å². The monoisotopic (exact) mass is 386 g/mol. The summed E-state index contributed by atoms with van der Waals surface area (Å²) in [5.41, 5.74) is 6.44. The minimum absolute atomic E-state index is 0.0486. The Morgan fingerprint density at radius 3 is 2.41 bits per heavy atom. The third-order valence-corrected chi connectivity index (χ3v) is 5.18. The Balaban J connectivity index is 1.34. The predicted molar refractivity (Wildman–Crippen MR) is 114 cm³/mol. The van der Waals surface area contributed by atoms with Gasteiger partial charge < -0.3 is 15.0 Å². The normalized spacial score (nSPS) is 12.6. The van der Waals surface area contributed by atoms with Crippen LogP contribution in [0.4, 0.5) is 4.79 Å². The van der Waals surface area contributed by atoms with Crippen LogP contribution in [0.3, 0.4) is 0 Å². The number of fused-ring (bicyclic) bond motifs is 3. The van der Waals surface area contributed by atoms with E-state index in [1.165, 1.54) is 22.3 Å². The van der Waals surface area contributed by atoms with E-state index in [9.17, 15) is 9.59 Å². The van der Waals surface area contributed by atoms with E-state index in [1.54, 1.807) is 12.3 Å². The van der Waals surface area contributed by atoms with Crippen LogP contribution in [0.2, 0.25) is 0 Å². The van der Waals surface area contributed by atoms with Crippen LogP contribution in [-0.2, 0) is 4.74 Å². The number of aromatic amines is 1. The number of carbonyl (C=O) groups excluding carboxylic acids is 1. The van der Waals surface area contributed by atoms with Crippen molar-refractivity contribution in [2.75, 3.05) is 13.2 Å². The molecular formula is C24H22N2O3. The standard InChI is InChI=1S/C24H22N2O3/c1-16-13-23(27)26-14-17(16)7-6-12-25-24(28)29-15-22-20-10-4-2-8-18(20)19-9-3-5-11-21(19)22/h2-11,13-14,22H,12,15H2,1H3,(H,25,28)(H,26,27). The van der Waals surface area contributed by atoms with Crippen molar-refractivity contribution >= 4 is 12.2 Å². The fraction of sp³-hybridized carbons (Fsp3) is 0.167. The molecule has 0 atom stereocenters. The average molecular weight is 386 g/mol. The highest BCUT2D eigenvalue weighted by Crippen LogP contribution is 2.44. The van der Waals surface area contributed by atoms with E-state index in [2.05, 4.69) is 34.6 Å². The zero-order valence-corrected chi connectivity index (χ0v) is 16.1. The number of H-pyrrole nitrogens is 1. The maximum atomic E-state index is 12.1. The van der Waals surface area contributed by atoms with Gasteiger partial charge in [0.15, 0.2) is 0 Å². The van der Waals surface area contributed by atoms with Gasteiger partial charge in [-0.05, 0) is 40.3 Å². The molecule has 146 valence electrons. The maximum Gasteiger partial charge on any atom is 0.407 e. The summed E-state index contributed by atoms with van der Waals surface area (Å²) < 4.78 is 5.50. The van der Waals surface area contributed by atoms with Crippen molar-refractivity contribution in [3.63, 3.8) is 0 Å². The second-order valence-electron chi connectivity index (χ2n) is 7.04. The quantitative estimate of drug-likeness (QED) is 0.689. The van der Waals surface area contributed by atoms with Crippen molar-refractivity contribution in [1.29, 1.82) is 0 Å². The Hall–Kier alpha value is -3.60. The lowest BCUT2D eigenvalue weighted by Gasteiger charge is -2.14. The molecule has 5 heteroatoms. The van der Waals surface area contributed by atoms with Gasteiger partial charge in [0, 0.05) is 24.7 Å². The summed E-state index contributed by atoms with van der Waals surface area (Å²) in [4.78, 5) is 26.0. The van der Waals surface area contributed by atoms with Gasteiger partial charge in [-0.1, -0.05) is 60.7 Å². The zero-order valence-electron chi connectivity index (χ0n) is 16.1. The van der Waals surface area contributed by atoms with Crippen molar-refractivity contribution in [2.45, 2.75) is 12.8 Å². The van der Waals surface area contributed by atoms with E-state index in [4.69, 9.17) is 4.74 Å². The number of benzene rings is 2. The van der Waals surface area contributed by atoms with E-state index in [0.29, 0.717) is 13.2 Å². The fourth-order valence-corrected chi connectivity index (χ4v) is 3.74. The number of aryl methyl sites for hydroxylation is 1. The maximum absolute atomic E-state index is 12.1. The molecular weight excluding hydrogens is 364 g/mol. The summed E-state index contributed by atoms with van der Waals surface area (Å²) in [6.45, 7) is 2.51. The highest BCUT2D eigenvalue weighted by atomic mass is 16.5. The molecule has 0 bridgehead atoms. The molecule has 0 fully saturated rings. The topological polar surface area (TPSA) is 71.2 Å². The van der Waals surface area contributed by atoms with E-state index < -0.39 is 6.09 Å². The first-order chi connectivity index (χ1) is 14.1. The van der Waals surface area contributed by atoms with Crippen LogP contribution in [0.1, 0.15) is 28.2 Å². The molecule has 0 radical (unpaired) electrons. The molecule has 0 saturated heterocycles. The smallest absolute Gasteiger partial charge is 0.407 e. The zero-order chi connectivity index (χ0) is 20.2. The Morgan fingerprint density at radius 1 is 1.10 bits per heavy atom. The van der Waals surface area contributed by atoms with Crippen LogP contribution in [-0.4, -0.2) is 24.2 Å². The van der Waals surface area contributed by atoms with Crippen molar-refractivity contribution in [3.05, 3.63) is 99.5 Å². The lowest BCUT2D eigenvalue weighted by atomic mass is 9.98. The number of alkyl carbamates (subject to hydrolysis) is 1. The number of hydrogen-bond acceptors (Lipinski definition) is 3. The molecule has 0 aliphatic heterocycles. The largest absolute Gasteiger partial charge is 0.449 e. The highest BCUT2D eigenvalue weighted by Gasteiger charge is 2.28. The average Bonchev–Trinajstić information content (AvgIpc) is 3.05. The summed E-state index contributed by atoms with van der Waals surface area (Å²) in [6, 6.07) is 18.0. The third-order valence-electron chi connectivity index (χ3n) is 5.18. The van der Waals surface area contributed by atoms with Gasteiger partial charge in [0.05, 0.1) is 0 Å². The van der Waals surface area contributed by atoms with E-state index >= 15 is 0 Å². The number of carbonyl (C=O) groups is 1. The number of aromatic nitrogens is 1. The Labute approximate surface area is 169 Å². The minimum Gasteiger partial charge on any atom is -0.449 e. The molecule has 1 heterocycles. The molecule has 1 aliphatic carbocycles. The second kappa shape index (κ2) is 8.19. The van der Waals surface area contributed by atoms with Crippen molar-refractivity contribution in [1.82, 2.24) is 10.3 Å². The summed E-state index contributed by atoms with van der Waals surface area (Å²) in [6.07, 6.45) is 4.88. The summed E-state index contributed by atoms with van der Waals surface area (Å²) in [7, 11) is 0. The molecule has 0 saturated carbocycles. The molecule has 1 aliphatic rings. The van der Waals surface area contributed by atoms with E-state index in [0.717, 1.165) is 11.1 Å². The molecule has 1 amide bonds. The molecule has 1 aromatic heterocycles. The lowest BCUT2D eigenvalue weighted by Crippen LogP contribution is -2.26. The first-order valence-electron chi connectivity index (χ1n) is 9.58. The molecule has 2 aromatic carbocycles. The fourth-order valence-electron chi connectivity index (χ4n) is 3.74. The number of nitrogens with one attached hydrogen (secondary N) is 2. The number of ether oxygens (including phenoxy) is 1. The van der Waals surface area contributed by atoms with Gasteiger partial charge in [-0.25, -0.2) is 4.79 Å². The van der Waals surface area contributed by atoms with E-state index in [1.807, 2.05) is 43.3 Å². The van der Waals surface area contributed by atoms with Gasteiger partial charge in [0.25, 0.3) is 0 Å². The van der Waals surface area contributed by atoms with Crippen LogP contribution in [0.5, 0.6) is 0 Å². The van der Waals surface area contributed by atoms with E-state index in [-0.39, 0.29) is 11.5 Å². The SMILES string of the molecule is Cc1cc(=O)[nH]cc1C=CCNC(=O)OCC1c2ccccc2-c2ccccc21. The molecule has 0 spiro atoms. The molecule has 0 unspecified atom stereocenters. The van der Waals surface area contributed by atoms with Crippen molar-refractivity contribution in [3.8, 4) is 11.1 Å². The number of amides is 1. The Bertz CT molecular complexity index is 1090. The molecule has 2 N–H and O–H groups in total. The summed E-state index contributed by atoms with van der Waals surface area (Å²) in [5, 5.41) is 2.74. The van der Waals surface area contributed by atoms with Crippen LogP contribution in [0, 0.1) is 6.92 Å². The molecule has 4 rings (SSSR count). The van der Waals surface area contributed by atoms with Gasteiger partial charge >= 0.3 is 6.09 Å². The summed E-state index contributed by atoms with van der Waals surface area (Å²) >= 11 is 0. The van der Waals surface area contributed by atoms with Gasteiger partial charge in [0.1, 0.15) is 6.61 Å². The lowest BCUT2D eigenvalue weighted by molar-refractivity contribution is 0.144. The minimum atomic E-state index is -0.449. The summed E-state index contributed by atoms with van der Waals surface area (Å²) in [5.74, 6) is 0.0486. The third kappa shape index (κ3) is 3.99. The number of hydrogen-bond donors (Lipinski definition) is 2. The van der Waals surface area contributed by atoms with Crippen molar-refractivity contribution in [2.24, 2.45) is 0 Å². The first-order valence-corrected chi connectivity index (χ1v) is 9.58. The second-order valence-corrected chi connectivity index (χ2v) is 7.04. The molecule has 3 aromatic rings. The highest BCUT2D eigenvalue weighted by molar-refractivity contribution is 5.79. The molecule has 29 heavy (non-hydrogen) atoms. The van der Waals surface area contributed by atoms with Crippen molar-refractivity contribution < 1.29 is 9.53 Å².